The van der Waals surface area contributed by atoms with Crippen LogP contribution in [-0.2, 0) is 10.0 Å². The van der Waals surface area contributed by atoms with Crippen LogP contribution in [0.15, 0.2) is 20.1 Å². The predicted molar refractivity (Wildman–Crippen MR) is 75.9 cm³/mol. The molecule has 1 aromatic rings. The van der Waals surface area contributed by atoms with Crippen LogP contribution in [0.4, 0.5) is 0 Å². The van der Waals surface area contributed by atoms with Gasteiger partial charge in [-0.3, -0.25) is 0 Å². The molecule has 1 heterocycles. The number of hydrogen-bond acceptors (Lipinski definition) is 3. The van der Waals surface area contributed by atoms with Crippen LogP contribution in [0, 0.1) is 5.92 Å². The molecule has 0 aliphatic rings. The molecule has 2 unspecified atom stereocenters. The van der Waals surface area contributed by atoms with Gasteiger partial charge in [0.1, 0.15) is 4.21 Å². The molecule has 6 heteroatoms. The summed E-state index contributed by atoms with van der Waals surface area (Å²) in [5, 5.41) is 1.76. The minimum atomic E-state index is -3.38. The molecule has 3 nitrogen and oxygen atoms in total. The van der Waals surface area contributed by atoms with E-state index in [4.69, 9.17) is 0 Å². The van der Waals surface area contributed by atoms with Crippen molar-refractivity contribution in [3.8, 4) is 0 Å². The van der Waals surface area contributed by atoms with Gasteiger partial charge < -0.3 is 0 Å². The molecule has 98 valence electrons. The topological polar surface area (TPSA) is 46.2 Å². The van der Waals surface area contributed by atoms with Gasteiger partial charge in [-0.25, -0.2) is 13.1 Å². The van der Waals surface area contributed by atoms with Crippen LogP contribution < -0.4 is 4.72 Å². The minimum absolute atomic E-state index is 0.0380. The number of nitrogens with one attached hydrogen (secondary N) is 1. The van der Waals surface area contributed by atoms with Crippen LogP contribution in [0.1, 0.15) is 33.6 Å². The first-order valence-electron chi connectivity index (χ1n) is 5.62. The molecule has 0 saturated carbocycles. The Balaban J connectivity index is 2.71. The Labute approximate surface area is 116 Å². The largest absolute Gasteiger partial charge is 0.251 e. The normalized spacial score (nSPS) is 15.8. The second kappa shape index (κ2) is 6.31. The Hall–Kier alpha value is 0.0900. The molecular weight excluding hydrogens is 322 g/mol. The summed E-state index contributed by atoms with van der Waals surface area (Å²) in [6, 6.07) is 1.71. The highest BCUT2D eigenvalue weighted by Gasteiger charge is 2.22. The smallest absolute Gasteiger partial charge is 0.208 e. The van der Waals surface area contributed by atoms with Gasteiger partial charge in [-0.2, -0.15) is 0 Å². The van der Waals surface area contributed by atoms with Crippen LogP contribution in [0.25, 0.3) is 0 Å². The third-order valence-corrected chi connectivity index (χ3v) is 6.90. The molecule has 2 atom stereocenters. The number of thiophene rings is 1. The van der Waals surface area contributed by atoms with E-state index in [0.29, 0.717) is 14.6 Å². The lowest BCUT2D eigenvalue weighted by atomic mass is 10.0. The molecule has 17 heavy (non-hydrogen) atoms. The summed E-state index contributed by atoms with van der Waals surface area (Å²) in [5.74, 6) is 0.527. The summed E-state index contributed by atoms with van der Waals surface area (Å²) >= 11 is 4.47. The van der Waals surface area contributed by atoms with Crippen molar-refractivity contribution in [3.05, 3.63) is 15.9 Å². The van der Waals surface area contributed by atoms with Gasteiger partial charge in [-0.1, -0.05) is 20.3 Å². The van der Waals surface area contributed by atoms with Crippen LogP contribution >= 0.6 is 27.3 Å². The first-order valence-corrected chi connectivity index (χ1v) is 8.77. The van der Waals surface area contributed by atoms with E-state index in [9.17, 15) is 8.42 Å². The maximum absolute atomic E-state index is 12.1. The van der Waals surface area contributed by atoms with E-state index >= 15 is 0 Å². The van der Waals surface area contributed by atoms with E-state index < -0.39 is 10.0 Å². The third kappa shape index (κ3) is 4.35. The van der Waals surface area contributed by atoms with Gasteiger partial charge in [0.15, 0.2) is 0 Å². The van der Waals surface area contributed by atoms with Gasteiger partial charge in [0.05, 0.1) is 0 Å². The van der Waals surface area contributed by atoms with Crippen molar-refractivity contribution >= 4 is 37.3 Å². The van der Waals surface area contributed by atoms with Crippen molar-refractivity contribution in [2.75, 3.05) is 0 Å². The molecule has 0 aromatic carbocycles. The van der Waals surface area contributed by atoms with E-state index in [-0.39, 0.29) is 6.04 Å². The zero-order chi connectivity index (χ0) is 13.1. The minimum Gasteiger partial charge on any atom is -0.208 e. The zero-order valence-corrected chi connectivity index (χ0v) is 13.5. The zero-order valence-electron chi connectivity index (χ0n) is 10.2. The second-order valence-electron chi connectivity index (χ2n) is 4.33. The fourth-order valence-corrected chi connectivity index (χ4v) is 5.22. The molecule has 1 aromatic heterocycles. The molecule has 0 spiro atoms. The fourth-order valence-electron chi connectivity index (χ4n) is 1.61. The molecular formula is C11H18BrNO2S2. The average Bonchev–Trinajstić information content (AvgIpc) is 2.63. The van der Waals surface area contributed by atoms with E-state index in [1.807, 2.05) is 6.92 Å². The Bertz CT molecular complexity index is 456. The van der Waals surface area contributed by atoms with Gasteiger partial charge in [0.2, 0.25) is 0 Å². The van der Waals surface area contributed by atoms with Gasteiger partial charge in [-0.05, 0) is 46.6 Å². The van der Waals surface area contributed by atoms with Crippen molar-refractivity contribution < 1.29 is 8.42 Å². The van der Waals surface area contributed by atoms with Crippen molar-refractivity contribution in [1.29, 1.82) is 0 Å². The van der Waals surface area contributed by atoms with Gasteiger partial charge in [0.25, 0.3) is 10.0 Å². The van der Waals surface area contributed by atoms with Crippen molar-refractivity contribution in [1.82, 2.24) is 4.72 Å². The van der Waals surface area contributed by atoms with Crippen LogP contribution in [0.2, 0.25) is 0 Å². The van der Waals surface area contributed by atoms with E-state index in [1.54, 1.807) is 11.4 Å². The van der Waals surface area contributed by atoms with Gasteiger partial charge in [0, 0.05) is 10.5 Å². The quantitative estimate of drug-likeness (QED) is 0.860. The maximum Gasteiger partial charge on any atom is 0.251 e. The summed E-state index contributed by atoms with van der Waals surface area (Å²) in [5.41, 5.74) is 0. The van der Waals surface area contributed by atoms with Crippen LogP contribution in [0.3, 0.4) is 0 Å². The standard InChI is InChI=1S/C11H18BrNO2S2/c1-4-8(2)7-9(3)13-17(14,15)11-10(12)5-6-16-11/h5-6,8-9,13H,4,7H2,1-3H3. The highest BCUT2D eigenvalue weighted by molar-refractivity contribution is 9.10. The van der Waals surface area contributed by atoms with Crippen molar-refractivity contribution in [3.63, 3.8) is 0 Å². The Kier molecular flexibility index (Phi) is 5.63. The molecule has 0 saturated heterocycles. The molecule has 0 aliphatic heterocycles. The van der Waals surface area contributed by atoms with E-state index in [1.165, 1.54) is 11.3 Å². The summed E-state index contributed by atoms with van der Waals surface area (Å²) in [4.78, 5) is 0. The maximum atomic E-state index is 12.1. The summed E-state index contributed by atoms with van der Waals surface area (Å²) in [6.07, 6.45) is 1.92. The van der Waals surface area contributed by atoms with E-state index in [2.05, 4.69) is 34.5 Å². The van der Waals surface area contributed by atoms with Gasteiger partial charge in [-0.15, -0.1) is 11.3 Å². The summed E-state index contributed by atoms with van der Waals surface area (Å²) < 4.78 is 27.8. The molecule has 0 bridgehead atoms. The monoisotopic (exact) mass is 339 g/mol. The van der Waals surface area contributed by atoms with Crippen molar-refractivity contribution in [2.24, 2.45) is 5.92 Å². The number of sulfonamides is 1. The van der Waals surface area contributed by atoms with Crippen LogP contribution in [0.5, 0.6) is 0 Å². The number of rotatable bonds is 6. The highest BCUT2D eigenvalue weighted by atomic mass is 79.9. The summed E-state index contributed by atoms with van der Waals surface area (Å²) in [7, 11) is -3.38. The lowest BCUT2D eigenvalue weighted by Gasteiger charge is -2.17. The average molecular weight is 340 g/mol. The first-order chi connectivity index (χ1) is 7.86. The van der Waals surface area contributed by atoms with Crippen molar-refractivity contribution in [2.45, 2.75) is 43.9 Å². The summed E-state index contributed by atoms with van der Waals surface area (Å²) in [6.45, 7) is 6.15. The Morgan fingerprint density at radius 1 is 1.47 bits per heavy atom. The number of halogens is 1. The molecule has 0 fully saturated rings. The molecule has 0 aliphatic carbocycles. The molecule has 1 rings (SSSR count). The highest BCUT2D eigenvalue weighted by Crippen LogP contribution is 2.27. The van der Waals surface area contributed by atoms with Crippen LogP contribution in [-0.4, -0.2) is 14.5 Å². The molecule has 1 N–H and O–H groups in total. The lowest BCUT2D eigenvalue weighted by molar-refractivity contribution is 0.446. The third-order valence-electron chi connectivity index (χ3n) is 2.64. The first kappa shape index (κ1) is 15.1. The lowest BCUT2D eigenvalue weighted by Crippen LogP contribution is -2.33. The molecule has 0 radical (unpaired) electrons. The van der Waals surface area contributed by atoms with Gasteiger partial charge >= 0.3 is 0 Å². The Morgan fingerprint density at radius 2 is 2.12 bits per heavy atom. The molecule has 0 amide bonds. The predicted octanol–water partition coefficient (Wildman–Crippen LogP) is 3.61. The SMILES string of the molecule is CCC(C)CC(C)NS(=O)(=O)c1sccc1Br. The number of hydrogen-bond donors (Lipinski definition) is 1. The Morgan fingerprint density at radius 3 is 2.59 bits per heavy atom. The second-order valence-corrected chi connectivity index (χ2v) is 8.01. The van der Waals surface area contributed by atoms with E-state index in [0.717, 1.165) is 12.8 Å². The fraction of sp³-hybridized carbons (Fsp3) is 0.636.